The maximum Gasteiger partial charge on any atom is -0.0276 e. The molecular weight excluding hydrogens is 432 g/mol. The van der Waals surface area contributed by atoms with Gasteiger partial charge >= 0.3 is 0 Å². The van der Waals surface area contributed by atoms with Crippen molar-refractivity contribution in [2.24, 2.45) is 0 Å². The minimum absolute atomic E-state index is 1.30. The van der Waals surface area contributed by atoms with Gasteiger partial charge in [-0.3, -0.25) is 0 Å². The van der Waals surface area contributed by atoms with E-state index in [1.165, 1.54) is 180 Å². The smallest absolute Gasteiger partial charge is 0.0276 e. The standard InChI is InChI=1S/C36H66/c1-3-5-7-9-11-13-15-17-19-21-23-25-27-31-35-33-29-30-34-36(35)32-28-26-24-22-20-18-16-14-12-10-8-6-4-2/h29-30,33-34H,3-28,31-32H2,1-2H3. The molecule has 0 aliphatic carbocycles. The summed E-state index contributed by atoms with van der Waals surface area (Å²) in [5, 5.41) is 0. The van der Waals surface area contributed by atoms with E-state index in [1.54, 1.807) is 11.1 Å². The highest BCUT2D eigenvalue weighted by atomic mass is 14.1. The van der Waals surface area contributed by atoms with Gasteiger partial charge in [-0.2, -0.15) is 0 Å². The molecule has 0 aromatic heterocycles. The fraction of sp³-hybridized carbons (Fsp3) is 0.833. The quantitative estimate of drug-likeness (QED) is 0.101. The van der Waals surface area contributed by atoms with Crippen LogP contribution >= 0.6 is 0 Å². The molecule has 0 heterocycles. The summed E-state index contributed by atoms with van der Waals surface area (Å²) < 4.78 is 0. The van der Waals surface area contributed by atoms with Crippen LogP contribution in [0.15, 0.2) is 24.3 Å². The Morgan fingerprint density at radius 1 is 0.306 bits per heavy atom. The average molecular weight is 499 g/mol. The zero-order valence-corrected chi connectivity index (χ0v) is 25.1. The highest BCUT2D eigenvalue weighted by Gasteiger charge is 2.03. The fourth-order valence-corrected chi connectivity index (χ4v) is 5.71. The van der Waals surface area contributed by atoms with Gasteiger partial charge in [0, 0.05) is 0 Å². The van der Waals surface area contributed by atoms with Gasteiger partial charge < -0.3 is 0 Å². The van der Waals surface area contributed by atoms with Crippen LogP contribution in [-0.2, 0) is 12.8 Å². The van der Waals surface area contributed by atoms with Crippen molar-refractivity contribution < 1.29 is 0 Å². The highest BCUT2D eigenvalue weighted by molar-refractivity contribution is 5.27. The van der Waals surface area contributed by atoms with Crippen molar-refractivity contribution >= 4 is 0 Å². The molecule has 1 aromatic rings. The average Bonchev–Trinajstić information content (AvgIpc) is 2.90. The lowest BCUT2D eigenvalue weighted by molar-refractivity contribution is 0.537. The van der Waals surface area contributed by atoms with E-state index in [2.05, 4.69) is 38.1 Å². The lowest BCUT2D eigenvalue weighted by Gasteiger charge is -2.10. The van der Waals surface area contributed by atoms with Crippen LogP contribution in [-0.4, -0.2) is 0 Å². The Hall–Kier alpha value is -0.780. The normalized spacial score (nSPS) is 11.4. The maximum atomic E-state index is 2.40. The van der Waals surface area contributed by atoms with Crippen LogP contribution in [0.5, 0.6) is 0 Å². The van der Waals surface area contributed by atoms with Crippen LogP contribution in [0.3, 0.4) is 0 Å². The summed E-state index contributed by atoms with van der Waals surface area (Å²) in [5.74, 6) is 0. The van der Waals surface area contributed by atoms with Crippen LogP contribution in [0.4, 0.5) is 0 Å². The molecule has 0 N–H and O–H groups in total. The van der Waals surface area contributed by atoms with Crippen LogP contribution < -0.4 is 0 Å². The molecule has 1 rings (SSSR count). The van der Waals surface area contributed by atoms with Crippen molar-refractivity contribution in [1.82, 2.24) is 0 Å². The first-order chi connectivity index (χ1) is 17.9. The first kappa shape index (κ1) is 33.2. The van der Waals surface area contributed by atoms with E-state index in [-0.39, 0.29) is 0 Å². The molecule has 0 heteroatoms. The van der Waals surface area contributed by atoms with Crippen LogP contribution in [0, 0.1) is 0 Å². The van der Waals surface area contributed by atoms with E-state index < -0.39 is 0 Å². The Balaban J connectivity index is 1.94. The molecule has 0 aliphatic heterocycles. The Bertz CT molecular complexity index is 496. The monoisotopic (exact) mass is 499 g/mol. The molecule has 0 saturated carbocycles. The first-order valence-electron chi connectivity index (χ1n) is 16.9. The van der Waals surface area contributed by atoms with Crippen LogP contribution in [0.1, 0.15) is 192 Å². The minimum atomic E-state index is 1.30. The van der Waals surface area contributed by atoms with E-state index in [0.29, 0.717) is 0 Å². The summed E-state index contributed by atoms with van der Waals surface area (Å²) in [6.45, 7) is 4.61. The molecule has 0 aliphatic rings. The maximum absolute atomic E-state index is 2.40. The zero-order valence-electron chi connectivity index (χ0n) is 25.1. The van der Waals surface area contributed by atoms with Crippen molar-refractivity contribution in [1.29, 1.82) is 0 Å². The third kappa shape index (κ3) is 21.3. The number of hydrogen-bond acceptors (Lipinski definition) is 0. The lowest BCUT2D eigenvalue weighted by atomic mass is 9.96. The van der Waals surface area contributed by atoms with E-state index in [9.17, 15) is 0 Å². The molecule has 210 valence electrons. The van der Waals surface area contributed by atoms with E-state index >= 15 is 0 Å². The molecule has 0 nitrogen and oxygen atoms in total. The number of unbranched alkanes of at least 4 members (excludes halogenated alkanes) is 24. The van der Waals surface area contributed by atoms with Gasteiger partial charge in [-0.05, 0) is 36.8 Å². The van der Waals surface area contributed by atoms with Gasteiger partial charge in [0.05, 0.1) is 0 Å². The largest absolute Gasteiger partial charge is 0.0654 e. The van der Waals surface area contributed by atoms with Crippen molar-refractivity contribution in [2.75, 3.05) is 0 Å². The van der Waals surface area contributed by atoms with Gasteiger partial charge in [0.25, 0.3) is 0 Å². The fourth-order valence-electron chi connectivity index (χ4n) is 5.71. The van der Waals surface area contributed by atoms with Crippen LogP contribution in [0.2, 0.25) is 0 Å². The molecule has 0 atom stereocenters. The molecule has 0 unspecified atom stereocenters. The molecular formula is C36H66. The second-order valence-corrected chi connectivity index (χ2v) is 11.8. The Morgan fingerprint density at radius 3 is 0.778 bits per heavy atom. The predicted molar refractivity (Wildman–Crippen MR) is 165 cm³/mol. The van der Waals surface area contributed by atoms with Crippen molar-refractivity contribution in [3.63, 3.8) is 0 Å². The molecule has 0 bridgehead atoms. The number of hydrogen-bond donors (Lipinski definition) is 0. The zero-order chi connectivity index (χ0) is 25.8. The van der Waals surface area contributed by atoms with Gasteiger partial charge in [-0.25, -0.2) is 0 Å². The summed E-state index contributed by atoms with van der Waals surface area (Å²) in [6, 6.07) is 9.31. The Morgan fingerprint density at radius 2 is 0.528 bits per heavy atom. The lowest BCUT2D eigenvalue weighted by Crippen LogP contribution is -1.95. The first-order valence-corrected chi connectivity index (χ1v) is 16.9. The molecule has 0 saturated heterocycles. The molecule has 0 amide bonds. The number of benzene rings is 1. The van der Waals surface area contributed by atoms with Gasteiger partial charge in [0.1, 0.15) is 0 Å². The second kappa shape index (κ2) is 27.3. The third-order valence-corrected chi connectivity index (χ3v) is 8.22. The third-order valence-electron chi connectivity index (χ3n) is 8.22. The molecule has 0 radical (unpaired) electrons. The van der Waals surface area contributed by atoms with E-state index in [1.807, 2.05) is 0 Å². The molecule has 0 fully saturated rings. The number of rotatable bonds is 28. The Labute approximate surface area is 228 Å². The molecule has 1 aromatic carbocycles. The minimum Gasteiger partial charge on any atom is -0.0654 e. The van der Waals surface area contributed by atoms with Crippen molar-refractivity contribution in [3.8, 4) is 0 Å². The van der Waals surface area contributed by atoms with E-state index in [4.69, 9.17) is 0 Å². The topological polar surface area (TPSA) is 0 Å². The predicted octanol–water partition coefficient (Wildman–Crippen LogP) is 13.0. The van der Waals surface area contributed by atoms with Gasteiger partial charge in [0.15, 0.2) is 0 Å². The molecule has 0 spiro atoms. The SMILES string of the molecule is CCCCCCCCCCCCCCCc1ccccc1CCCCCCCCCCCCCCC. The van der Waals surface area contributed by atoms with Crippen LogP contribution in [0.25, 0.3) is 0 Å². The van der Waals surface area contributed by atoms with Crippen molar-refractivity contribution in [3.05, 3.63) is 35.4 Å². The number of aryl methyl sites for hydroxylation is 2. The van der Waals surface area contributed by atoms with E-state index in [0.717, 1.165) is 0 Å². The van der Waals surface area contributed by atoms with Gasteiger partial charge in [-0.15, -0.1) is 0 Å². The highest BCUT2D eigenvalue weighted by Crippen LogP contribution is 2.18. The summed E-state index contributed by atoms with van der Waals surface area (Å²) in [4.78, 5) is 0. The molecule has 36 heavy (non-hydrogen) atoms. The Kier molecular flexibility index (Phi) is 25.2. The van der Waals surface area contributed by atoms with Gasteiger partial charge in [-0.1, -0.05) is 192 Å². The summed E-state index contributed by atoms with van der Waals surface area (Å²) in [7, 11) is 0. The van der Waals surface area contributed by atoms with Gasteiger partial charge in [0.2, 0.25) is 0 Å². The second-order valence-electron chi connectivity index (χ2n) is 11.8. The summed E-state index contributed by atoms with van der Waals surface area (Å²) >= 11 is 0. The summed E-state index contributed by atoms with van der Waals surface area (Å²) in [5.41, 5.74) is 3.28. The van der Waals surface area contributed by atoms with Crippen molar-refractivity contribution in [2.45, 2.75) is 194 Å². The summed E-state index contributed by atoms with van der Waals surface area (Å²) in [6.07, 6.45) is 40.1.